The van der Waals surface area contributed by atoms with Crippen LogP contribution in [0.2, 0.25) is 0 Å². The minimum Gasteiger partial charge on any atom is -0.341 e. The van der Waals surface area contributed by atoms with Gasteiger partial charge in [0.05, 0.1) is 5.25 Å². The highest BCUT2D eigenvalue weighted by molar-refractivity contribution is 7.89. The molecule has 1 aliphatic carbocycles. The standard InChI is InChI=1S/C14H26N2O3S/c15-20(18,19)13-9-6-10-16(11-13)14(17)12-7-4-2-1-3-5-8-12/h12-13H,1-11H2,(H2,15,18,19). The number of sulfonamides is 1. The fourth-order valence-corrected chi connectivity index (χ4v) is 4.25. The van der Waals surface area contributed by atoms with Crippen LogP contribution in [0.25, 0.3) is 0 Å². The average Bonchev–Trinajstić information content (AvgIpc) is 2.37. The predicted octanol–water partition coefficient (Wildman–Crippen LogP) is 1.63. The maximum absolute atomic E-state index is 12.6. The molecule has 0 bridgehead atoms. The Morgan fingerprint density at radius 2 is 1.55 bits per heavy atom. The second kappa shape index (κ2) is 6.89. The van der Waals surface area contributed by atoms with Crippen molar-refractivity contribution < 1.29 is 13.2 Å². The Morgan fingerprint density at radius 1 is 0.950 bits per heavy atom. The van der Waals surface area contributed by atoms with Crippen molar-refractivity contribution in [1.29, 1.82) is 0 Å². The molecule has 1 aliphatic heterocycles. The third-order valence-electron chi connectivity index (χ3n) is 4.61. The van der Waals surface area contributed by atoms with Crippen LogP contribution in [0, 0.1) is 5.92 Å². The predicted molar refractivity (Wildman–Crippen MR) is 78.5 cm³/mol. The van der Waals surface area contributed by atoms with Gasteiger partial charge in [-0.1, -0.05) is 32.1 Å². The van der Waals surface area contributed by atoms with Crippen LogP contribution in [0.15, 0.2) is 0 Å². The molecule has 1 saturated heterocycles. The summed E-state index contributed by atoms with van der Waals surface area (Å²) in [6, 6.07) is 0. The van der Waals surface area contributed by atoms with Gasteiger partial charge in [-0.15, -0.1) is 0 Å². The van der Waals surface area contributed by atoms with Gasteiger partial charge in [0.15, 0.2) is 0 Å². The third-order valence-corrected chi connectivity index (χ3v) is 5.92. The van der Waals surface area contributed by atoms with Crippen LogP contribution in [0.4, 0.5) is 0 Å². The Kier molecular flexibility index (Phi) is 5.43. The van der Waals surface area contributed by atoms with Gasteiger partial charge in [-0.05, 0) is 25.7 Å². The first-order chi connectivity index (χ1) is 9.48. The topological polar surface area (TPSA) is 80.5 Å². The lowest BCUT2D eigenvalue weighted by Crippen LogP contribution is -2.48. The summed E-state index contributed by atoms with van der Waals surface area (Å²) in [5.41, 5.74) is 0. The summed E-state index contributed by atoms with van der Waals surface area (Å²) < 4.78 is 22.9. The lowest BCUT2D eigenvalue weighted by molar-refractivity contribution is -0.137. The molecule has 1 saturated carbocycles. The van der Waals surface area contributed by atoms with Gasteiger partial charge in [-0.3, -0.25) is 4.79 Å². The van der Waals surface area contributed by atoms with Gasteiger partial charge in [0, 0.05) is 19.0 Å². The summed E-state index contributed by atoms with van der Waals surface area (Å²) in [6.45, 7) is 0.968. The quantitative estimate of drug-likeness (QED) is 0.841. The Balaban J connectivity index is 1.96. The molecule has 5 nitrogen and oxygen atoms in total. The summed E-state index contributed by atoms with van der Waals surface area (Å²) in [5.74, 6) is 0.245. The second-order valence-corrected chi connectivity index (χ2v) is 8.02. The molecule has 0 aromatic rings. The lowest BCUT2D eigenvalue weighted by atomic mass is 9.89. The van der Waals surface area contributed by atoms with Crippen molar-refractivity contribution in [3.63, 3.8) is 0 Å². The molecule has 2 rings (SSSR count). The second-order valence-electron chi connectivity index (χ2n) is 6.18. The zero-order valence-corrected chi connectivity index (χ0v) is 12.9. The molecule has 6 heteroatoms. The molecule has 2 fully saturated rings. The number of piperidine rings is 1. The molecular weight excluding hydrogens is 276 g/mol. The van der Waals surface area contributed by atoms with Crippen LogP contribution in [0.3, 0.4) is 0 Å². The van der Waals surface area contributed by atoms with Crippen molar-refractivity contribution in [2.24, 2.45) is 11.1 Å². The molecule has 20 heavy (non-hydrogen) atoms. The van der Waals surface area contributed by atoms with E-state index in [1.165, 1.54) is 19.3 Å². The number of hydrogen-bond acceptors (Lipinski definition) is 3. The molecule has 0 aromatic heterocycles. The monoisotopic (exact) mass is 302 g/mol. The summed E-state index contributed by atoms with van der Waals surface area (Å²) in [6.07, 6.45) is 9.15. The van der Waals surface area contributed by atoms with Crippen molar-refractivity contribution in [2.75, 3.05) is 13.1 Å². The SMILES string of the molecule is NS(=O)(=O)C1CCCN(C(=O)C2CCCCCCC2)C1. The summed E-state index contributed by atoms with van der Waals surface area (Å²) in [5, 5.41) is 4.66. The first kappa shape index (κ1) is 15.8. The van der Waals surface area contributed by atoms with Crippen molar-refractivity contribution in [1.82, 2.24) is 4.90 Å². The van der Waals surface area contributed by atoms with Crippen LogP contribution in [-0.4, -0.2) is 37.6 Å². The summed E-state index contributed by atoms with van der Waals surface area (Å²) >= 11 is 0. The fraction of sp³-hybridized carbons (Fsp3) is 0.929. The molecule has 1 amide bonds. The molecule has 1 unspecified atom stereocenters. The maximum atomic E-state index is 12.6. The highest BCUT2D eigenvalue weighted by Crippen LogP contribution is 2.26. The van der Waals surface area contributed by atoms with E-state index in [0.29, 0.717) is 13.0 Å². The number of likely N-dealkylation sites (tertiary alicyclic amines) is 1. The highest BCUT2D eigenvalue weighted by Gasteiger charge is 2.33. The smallest absolute Gasteiger partial charge is 0.225 e. The van der Waals surface area contributed by atoms with E-state index < -0.39 is 15.3 Å². The van der Waals surface area contributed by atoms with Gasteiger partial charge >= 0.3 is 0 Å². The highest BCUT2D eigenvalue weighted by atomic mass is 32.2. The van der Waals surface area contributed by atoms with Crippen LogP contribution >= 0.6 is 0 Å². The molecule has 2 N–H and O–H groups in total. The molecule has 1 atom stereocenters. The molecule has 1 heterocycles. The normalized spacial score (nSPS) is 26.9. The molecule has 2 aliphatic rings. The van der Waals surface area contributed by atoms with Gasteiger partial charge in [-0.25, -0.2) is 13.6 Å². The van der Waals surface area contributed by atoms with E-state index in [4.69, 9.17) is 5.14 Å². The van der Waals surface area contributed by atoms with Gasteiger partial charge in [0.25, 0.3) is 0 Å². The van der Waals surface area contributed by atoms with E-state index in [2.05, 4.69) is 0 Å². The minimum atomic E-state index is -3.53. The number of primary sulfonamides is 1. The third kappa shape index (κ3) is 4.19. The molecule has 0 aromatic carbocycles. The number of carbonyl (C=O) groups excluding carboxylic acids is 1. The van der Waals surface area contributed by atoms with Crippen LogP contribution in [0.1, 0.15) is 57.8 Å². The number of hydrogen-bond donors (Lipinski definition) is 1. The van der Waals surface area contributed by atoms with Crippen molar-refractivity contribution in [3.8, 4) is 0 Å². The van der Waals surface area contributed by atoms with Crippen molar-refractivity contribution in [3.05, 3.63) is 0 Å². The number of amides is 1. The zero-order valence-electron chi connectivity index (χ0n) is 12.1. The van der Waals surface area contributed by atoms with E-state index in [-0.39, 0.29) is 18.4 Å². The fourth-order valence-electron chi connectivity index (χ4n) is 3.37. The van der Waals surface area contributed by atoms with Gasteiger partial charge in [0.2, 0.25) is 15.9 Å². The molecule has 0 spiro atoms. The van der Waals surface area contributed by atoms with Crippen molar-refractivity contribution in [2.45, 2.75) is 63.0 Å². The first-order valence-corrected chi connectivity index (χ1v) is 9.40. The van der Waals surface area contributed by atoms with Crippen LogP contribution < -0.4 is 5.14 Å². The lowest BCUT2D eigenvalue weighted by Gasteiger charge is -2.34. The Labute approximate surface area is 121 Å². The number of rotatable bonds is 2. The number of nitrogens with two attached hydrogens (primary N) is 1. The number of nitrogens with zero attached hydrogens (tertiary/aromatic N) is 1. The van der Waals surface area contributed by atoms with Gasteiger partial charge in [0.1, 0.15) is 0 Å². The summed E-state index contributed by atoms with van der Waals surface area (Å²) in [4.78, 5) is 14.3. The molecule has 0 radical (unpaired) electrons. The number of carbonyl (C=O) groups is 1. The Bertz CT molecular complexity index is 428. The Hall–Kier alpha value is -0.620. The minimum absolute atomic E-state index is 0.0922. The average molecular weight is 302 g/mol. The van der Waals surface area contributed by atoms with E-state index >= 15 is 0 Å². The van der Waals surface area contributed by atoms with Gasteiger partial charge in [-0.2, -0.15) is 0 Å². The molecular formula is C14H26N2O3S. The Morgan fingerprint density at radius 3 is 2.15 bits per heavy atom. The first-order valence-electron chi connectivity index (χ1n) is 7.79. The van der Waals surface area contributed by atoms with E-state index in [1.807, 2.05) is 0 Å². The maximum Gasteiger partial charge on any atom is 0.225 e. The van der Waals surface area contributed by atoms with Crippen molar-refractivity contribution >= 4 is 15.9 Å². The van der Waals surface area contributed by atoms with Crippen LogP contribution in [0.5, 0.6) is 0 Å². The van der Waals surface area contributed by atoms with E-state index in [0.717, 1.165) is 32.1 Å². The van der Waals surface area contributed by atoms with Crippen LogP contribution in [-0.2, 0) is 14.8 Å². The largest absolute Gasteiger partial charge is 0.341 e. The zero-order chi connectivity index (χ0) is 14.6. The van der Waals surface area contributed by atoms with E-state index in [9.17, 15) is 13.2 Å². The van der Waals surface area contributed by atoms with E-state index in [1.54, 1.807) is 4.90 Å². The molecule has 116 valence electrons. The van der Waals surface area contributed by atoms with Gasteiger partial charge < -0.3 is 4.90 Å². The summed E-state index contributed by atoms with van der Waals surface area (Å²) in [7, 11) is -3.53.